The molecule has 1 aromatic heterocycles. The second kappa shape index (κ2) is 4.21. The molecule has 0 saturated heterocycles. The van der Waals surface area contributed by atoms with Crippen molar-refractivity contribution >= 4 is 15.9 Å². The van der Waals surface area contributed by atoms with Crippen LogP contribution in [0.1, 0.15) is 31.7 Å². The van der Waals surface area contributed by atoms with Crippen molar-refractivity contribution in [1.29, 1.82) is 0 Å². The standard InChI is InChI=1S/C8H14BrN3O/c1-5(2)12-8(9)3-6(11-12)7(13)4-10/h3,5,7,13H,4,10H2,1-2H3. The van der Waals surface area contributed by atoms with Crippen LogP contribution in [0.5, 0.6) is 0 Å². The summed E-state index contributed by atoms with van der Waals surface area (Å²) in [6, 6.07) is 2.06. The molecule has 0 fully saturated rings. The number of hydrogen-bond donors (Lipinski definition) is 2. The highest BCUT2D eigenvalue weighted by atomic mass is 79.9. The first-order valence-corrected chi connectivity index (χ1v) is 4.98. The lowest BCUT2D eigenvalue weighted by Crippen LogP contribution is -2.13. The van der Waals surface area contributed by atoms with Crippen LogP contribution in [0, 0.1) is 0 Å². The van der Waals surface area contributed by atoms with Gasteiger partial charge in [0.25, 0.3) is 0 Å². The summed E-state index contributed by atoms with van der Waals surface area (Å²) in [6.45, 7) is 4.24. The highest BCUT2D eigenvalue weighted by Crippen LogP contribution is 2.20. The Kier molecular flexibility index (Phi) is 3.47. The van der Waals surface area contributed by atoms with E-state index in [1.165, 1.54) is 0 Å². The topological polar surface area (TPSA) is 64.1 Å². The Balaban J connectivity index is 2.95. The van der Waals surface area contributed by atoms with E-state index < -0.39 is 6.10 Å². The minimum absolute atomic E-state index is 0.196. The first kappa shape index (κ1) is 10.7. The van der Waals surface area contributed by atoms with Crippen LogP contribution in [0.15, 0.2) is 10.7 Å². The van der Waals surface area contributed by atoms with E-state index in [9.17, 15) is 5.11 Å². The number of nitrogens with two attached hydrogens (primary N) is 1. The number of rotatable bonds is 3. The highest BCUT2D eigenvalue weighted by Gasteiger charge is 2.13. The third kappa shape index (κ3) is 2.30. The van der Waals surface area contributed by atoms with E-state index in [1.54, 1.807) is 10.7 Å². The first-order valence-electron chi connectivity index (χ1n) is 4.19. The van der Waals surface area contributed by atoms with E-state index in [0.717, 1.165) is 4.60 Å². The summed E-state index contributed by atoms with van der Waals surface area (Å²) in [5, 5.41) is 13.6. The van der Waals surface area contributed by atoms with Gasteiger partial charge in [0, 0.05) is 12.6 Å². The Morgan fingerprint density at radius 2 is 2.31 bits per heavy atom. The minimum Gasteiger partial charge on any atom is -0.385 e. The number of aliphatic hydroxyl groups is 1. The summed E-state index contributed by atoms with van der Waals surface area (Å²) in [5.41, 5.74) is 5.94. The van der Waals surface area contributed by atoms with Gasteiger partial charge in [0.1, 0.15) is 10.7 Å². The Hall–Kier alpha value is -0.390. The highest BCUT2D eigenvalue weighted by molar-refractivity contribution is 9.10. The number of aromatic nitrogens is 2. The maximum Gasteiger partial charge on any atom is 0.110 e. The van der Waals surface area contributed by atoms with Crippen molar-refractivity contribution < 1.29 is 5.11 Å². The van der Waals surface area contributed by atoms with Crippen molar-refractivity contribution in [3.05, 3.63) is 16.4 Å². The first-order chi connectivity index (χ1) is 6.06. The van der Waals surface area contributed by atoms with E-state index >= 15 is 0 Å². The molecule has 0 aliphatic carbocycles. The lowest BCUT2D eigenvalue weighted by Gasteiger charge is -2.06. The van der Waals surface area contributed by atoms with Crippen LogP contribution in [-0.4, -0.2) is 21.4 Å². The lowest BCUT2D eigenvalue weighted by molar-refractivity contribution is 0.180. The number of nitrogens with zero attached hydrogens (tertiary/aromatic N) is 2. The quantitative estimate of drug-likeness (QED) is 0.845. The molecule has 4 nitrogen and oxygen atoms in total. The van der Waals surface area contributed by atoms with Gasteiger partial charge >= 0.3 is 0 Å². The van der Waals surface area contributed by atoms with Crippen molar-refractivity contribution in [3.8, 4) is 0 Å². The van der Waals surface area contributed by atoms with Crippen molar-refractivity contribution in [2.75, 3.05) is 6.54 Å². The molecule has 13 heavy (non-hydrogen) atoms. The zero-order chi connectivity index (χ0) is 10.0. The summed E-state index contributed by atoms with van der Waals surface area (Å²) in [4.78, 5) is 0. The van der Waals surface area contributed by atoms with Crippen LogP contribution in [-0.2, 0) is 0 Å². The average molecular weight is 248 g/mol. The molecule has 1 atom stereocenters. The second-order valence-corrected chi connectivity index (χ2v) is 3.99. The van der Waals surface area contributed by atoms with Gasteiger partial charge in [-0.1, -0.05) is 0 Å². The maximum atomic E-state index is 9.43. The van der Waals surface area contributed by atoms with Crippen LogP contribution in [0.3, 0.4) is 0 Å². The summed E-state index contributed by atoms with van der Waals surface area (Å²) in [5.74, 6) is 0. The molecule has 0 radical (unpaired) electrons. The van der Waals surface area contributed by atoms with E-state index in [-0.39, 0.29) is 12.6 Å². The van der Waals surface area contributed by atoms with Gasteiger partial charge in [-0.3, -0.25) is 4.68 Å². The molecule has 0 spiro atoms. The van der Waals surface area contributed by atoms with E-state index in [0.29, 0.717) is 5.69 Å². The lowest BCUT2D eigenvalue weighted by atomic mass is 10.3. The number of aliphatic hydroxyl groups excluding tert-OH is 1. The molecular formula is C8H14BrN3O. The molecule has 1 unspecified atom stereocenters. The Morgan fingerprint density at radius 3 is 2.69 bits per heavy atom. The van der Waals surface area contributed by atoms with E-state index in [4.69, 9.17) is 5.73 Å². The molecule has 3 N–H and O–H groups in total. The molecule has 0 aromatic carbocycles. The summed E-state index contributed by atoms with van der Waals surface area (Å²) in [7, 11) is 0. The average Bonchev–Trinajstić information content (AvgIpc) is 2.46. The fourth-order valence-corrected chi connectivity index (χ4v) is 1.76. The van der Waals surface area contributed by atoms with E-state index in [1.807, 2.05) is 13.8 Å². The fraction of sp³-hybridized carbons (Fsp3) is 0.625. The van der Waals surface area contributed by atoms with Crippen molar-refractivity contribution in [1.82, 2.24) is 9.78 Å². The molecule has 0 aliphatic rings. The van der Waals surface area contributed by atoms with Gasteiger partial charge < -0.3 is 10.8 Å². The Morgan fingerprint density at radius 1 is 1.69 bits per heavy atom. The van der Waals surface area contributed by atoms with Gasteiger partial charge in [0.2, 0.25) is 0 Å². The van der Waals surface area contributed by atoms with Crippen molar-refractivity contribution in [2.24, 2.45) is 5.73 Å². The summed E-state index contributed by atoms with van der Waals surface area (Å²) < 4.78 is 2.67. The molecule has 1 aromatic rings. The molecule has 0 amide bonds. The van der Waals surface area contributed by atoms with Crippen LogP contribution in [0.25, 0.3) is 0 Å². The summed E-state index contributed by atoms with van der Waals surface area (Å²) in [6.07, 6.45) is -0.670. The maximum absolute atomic E-state index is 9.43. The largest absolute Gasteiger partial charge is 0.385 e. The zero-order valence-electron chi connectivity index (χ0n) is 7.74. The van der Waals surface area contributed by atoms with Crippen LogP contribution < -0.4 is 5.73 Å². The smallest absolute Gasteiger partial charge is 0.110 e. The van der Waals surface area contributed by atoms with Gasteiger partial charge in [0.05, 0.1) is 5.69 Å². The molecule has 0 aliphatic heterocycles. The molecule has 0 bridgehead atoms. The SMILES string of the molecule is CC(C)n1nc(C(O)CN)cc1Br. The van der Waals surface area contributed by atoms with Gasteiger partial charge in [-0.25, -0.2) is 0 Å². The molecule has 1 rings (SSSR count). The van der Waals surface area contributed by atoms with Crippen molar-refractivity contribution in [2.45, 2.75) is 26.0 Å². The molecule has 5 heteroatoms. The van der Waals surface area contributed by atoms with Gasteiger partial charge in [-0.2, -0.15) is 5.10 Å². The normalized spacial score (nSPS) is 13.7. The van der Waals surface area contributed by atoms with Gasteiger partial charge in [-0.05, 0) is 35.8 Å². The van der Waals surface area contributed by atoms with Crippen molar-refractivity contribution in [3.63, 3.8) is 0 Å². The van der Waals surface area contributed by atoms with E-state index in [2.05, 4.69) is 21.0 Å². The fourth-order valence-electron chi connectivity index (χ4n) is 1.03. The predicted molar refractivity (Wildman–Crippen MR) is 54.3 cm³/mol. The Labute approximate surface area is 85.9 Å². The van der Waals surface area contributed by atoms with Gasteiger partial charge in [-0.15, -0.1) is 0 Å². The van der Waals surface area contributed by atoms with Gasteiger partial charge in [0.15, 0.2) is 0 Å². The number of halogens is 1. The van der Waals surface area contributed by atoms with Crippen LogP contribution >= 0.6 is 15.9 Å². The monoisotopic (exact) mass is 247 g/mol. The predicted octanol–water partition coefficient (Wildman–Crippen LogP) is 1.22. The summed E-state index contributed by atoms with van der Waals surface area (Å²) >= 11 is 3.36. The zero-order valence-corrected chi connectivity index (χ0v) is 9.32. The molecular weight excluding hydrogens is 234 g/mol. The molecule has 1 heterocycles. The Bertz CT molecular complexity index is 285. The molecule has 0 saturated carbocycles. The van der Waals surface area contributed by atoms with Crippen LogP contribution in [0.2, 0.25) is 0 Å². The minimum atomic E-state index is -0.670. The van der Waals surface area contributed by atoms with Crippen LogP contribution in [0.4, 0.5) is 0 Å². The second-order valence-electron chi connectivity index (χ2n) is 3.18. The third-order valence-corrected chi connectivity index (χ3v) is 2.36. The third-order valence-electron chi connectivity index (χ3n) is 1.76. The number of hydrogen-bond acceptors (Lipinski definition) is 3. The molecule has 74 valence electrons.